The number of ether oxygens (including phenoxy) is 5. The first-order valence-corrected chi connectivity index (χ1v) is 18.8. The fraction of sp³-hybridized carbons (Fsp3) is 0.366. The van der Waals surface area contributed by atoms with Gasteiger partial charge in [0.05, 0.1) is 12.7 Å². The van der Waals surface area contributed by atoms with Crippen molar-refractivity contribution in [1.82, 2.24) is 20.2 Å². The highest BCUT2D eigenvalue weighted by Gasteiger charge is 2.40. The number of anilines is 1. The fourth-order valence-electron chi connectivity index (χ4n) is 5.64. The molecule has 0 spiro atoms. The number of aliphatic imine (C=N–C) groups is 1. The van der Waals surface area contributed by atoms with Crippen LogP contribution in [0.4, 0.5) is 20.2 Å². The number of hydrogen-bond donors (Lipinski definition) is 5. The number of carbonyl (C=O) groups is 3. The van der Waals surface area contributed by atoms with Crippen LogP contribution in [0.1, 0.15) is 56.0 Å². The van der Waals surface area contributed by atoms with Crippen LogP contribution in [0.5, 0.6) is 0 Å². The van der Waals surface area contributed by atoms with Crippen molar-refractivity contribution in [1.29, 1.82) is 0 Å². The lowest BCUT2D eigenvalue weighted by Crippen LogP contribution is -2.44. The summed E-state index contributed by atoms with van der Waals surface area (Å²) >= 11 is 0. The molecular weight excluding hydrogens is 750 g/mol. The largest absolute Gasteiger partial charge is 0.444 e. The molecule has 1 aromatic heterocycles. The quantitative estimate of drug-likeness (QED) is 0.0337. The Labute approximate surface area is 335 Å². The molecule has 17 nitrogen and oxygen atoms in total. The number of aromatic nitrogens is 2. The molecule has 4 aromatic rings. The molecule has 0 saturated carbocycles. The second kappa shape index (κ2) is 22.0. The molecule has 1 fully saturated rings. The summed E-state index contributed by atoms with van der Waals surface area (Å²) in [5, 5.41) is 27.9. The van der Waals surface area contributed by atoms with Gasteiger partial charge in [-0.1, -0.05) is 91.0 Å². The zero-order chi connectivity index (χ0) is 41.2. The molecule has 3 amide bonds. The van der Waals surface area contributed by atoms with Crippen molar-refractivity contribution in [3.05, 3.63) is 126 Å². The topological polar surface area (TPSA) is 216 Å². The van der Waals surface area contributed by atoms with Gasteiger partial charge in [0.15, 0.2) is 12.0 Å². The average Bonchev–Trinajstić information content (AvgIpc) is 3.62. The number of hydrogen-bond acceptors (Lipinski definition) is 13. The van der Waals surface area contributed by atoms with Gasteiger partial charge < -0.3 is 33.9 Å². The van der Waals surface area contributed by atoms with Crippen molar-refractivity contribution in [2.24, 2.45) is 9.98 Å². The Morgan fingerprint density at radius 2 is 1.31 bits per heavy atom. The van der Waals surface area contributed by atoms with Gasteiger partial charge in [0.1, 0.15) is 31.7 Å². The van der Waals surface area contributed by atoms with Gasteiger partial charge in [-0.15, -0.1) is 0 Å². The highest BCUT2D eigenvalue weighted by Crippen LogP contribution is 2.32. The Morgan fingerprint density at radius 1 is 0.793 bits per heavy atom. The van der Waals surface area contributed by atoms with E-state index in [0.29, 0.717) is 19.3 Å². The molecule has 17 heteroatoms. The molecule has 3 atom stereocenters. The van der Waals surface area contributed by atoms with Crippen molar-refractivity contribution in [3.63, 3.8) is 0 Å². The van der Waals surface area contributed by atoms with Crippen LogP contribution < -0.4 is 21.6 Å². The summed E-state index contributed by atoms with van der Waals surface area (Å²) in [5.74, 6) is -1.48. The van der Waals surface area contributed by atoms with E-state index in [1.54, 1.807) is 16.8 Å². The van der Waals surface area contributed by atoms with Crippen molar-refractivity contribution in [2.75, 3.05) is 25.0 Å². The molecule has 3 aromatic carbocycles. The van der Waals surface area contributed by atoms with Crippen LogP contribution >= 0.6 is 0 Å². The highest BCUT2D eigenvalue weighted by molar-refractivity contribution is 6.01. The number of aliphatic hydroxyl groups is 2. The van der Waals surface area contributed by atoms with Gasteiger partial charge in [-0.3, -0.25) is 30.5 Å². The van der Waals surface area contributed by atoms with E-state index in [1.165, 1.54) is 13.8 Å². The van der Waals surface area contributed by atoms with Crippen LogP contribution in [-0.4, -0.2) is 81.7 Å². The van der Waals surface area contributed by atoms with E-state index in [2.05, 4.69) is 30.9 Å². The molecule has 0 bridgehead atoms. The Balaban J connectivity index is 1.26. The van der Waals surface area contributed by atoms with E-state index in [-0.39, 0.29) is 56.9 Å². The van der Waals surface area contributed by atoms with Crippen LogP contribution in [0.25, 0.3) is 0 Å². The average molecular weight is 800 g/mol. The summed E-state index contributed by atoms with van der Waals surface area (Å²) in [5.41, 5.74) is 2.55. The van der Waals surface area contributed by atoms with E-state index in [0.717, 1.165) is 16.7 Å². The van der Waals surface area contributed by atoms with Crippen molar-refractivity contribution >= 4 is 30.1 Å². The van der Waals surface area contributed by atoms with Gasteiger partial charge in [-0.2, -0.15) is 4.98 Å². The summed E-state index contributed by atoms with van der Waals surface area (Å²) in [6.45, 7) is 3.23. The molecule has 1 aliphatic rings. The zero-order valence-electron chi connectivity index (χ0n) is 32.4. The second-order valence-corrected chi connectivity index (χ2v) is 13.6. The van der Waals surface area contributed by atoms with Gasteiger partial charge >= 0.3 is 18.3 Å². The summed E-state index contributed by atoms with van der Waals surface area (Å²) in [6, 6.07) is 29.0. The van der Waals surface area contributed by atoms with Crippen LogP contribution in [0.2, 0.25) is 0 Å². The molecule has 2 heterocycles. The minimum Gasteiger partial charge on any atom is -0.444 e. The number of carbonyl (C=O) groups excluding carboxylic acids is 3. The molecule has 5 rings (SSSR count). The lowest BCUT2D eigenvalue weighted by atomic mass is 10.2. The third-order valence-electron chi connectivity index (χ3n) is 8.31. The Bertz CT molecular complexity index is 1950. The third-order valence-corrected chi connectivity index (χ3v) is 8.31. The number of nitrogens with zero attached hydrogens (tertiary/aromatic N) is 4. The SMILES string of the molecule is CC(C)(O)O[C@@H]1C[C@@H](CO)O[C@H]1n1ccc(NC(=O)OCc2ccccc2)nc1=NCCCCN=C(NC(=O)OCc1ccccc1)NC(=O)OCc1ccccc1. The van der Waals surface area contributed by atoms with Gasteiger partial charge in [-0.05, 0) is 49.4 Å². The summed E-state index contributed by atoms with van der Waals surface area (Å²) in [4.78, 5) is 51.6. The van der Waals surface area contributed by atoms with Crippen molar-refractivity contribution < 1.29 is 48.3 Å². The van der Waals surface area contributed by atoms with Crippen molar-refractivity contribution in [2.45, 2.75) is 77.2 Å². The fourth-order valence-corrected chi connectivity index (χ4v) is 5.64. The van der Waals surface area contributed by atoms with E-state index < -0.39 is 42.5 Å². The van der Waals surface area contributed by atoms with Crippen LogP contribution in [0.15, 0.2) is 113 Å². The third kappa shape index (κ3) is 14.7. The zero-order valence-corrected chi connectivity index (χ0v) is 32.4. The Hall–Kier alpha value is -6.14. The summed E-state index contributed by atoms with van der Waals surface area (Å²) in [6.07, 6.45) is -1.54. The lowest BCUT2D eigenvalue weighted by molar-refractivity contribution is -0.223. The first kappa shape index (κ1) is 43.0. The maximum absolute atomic E-state index is 12.7. The maximum Gasteiger partial charge on any atom is 0.414 e. The van der Waals surface area contributed by atoms with Gasteiger partial charge in [-0.25, -0.2) is 14.4 Å². The molecular formula is C41H49N7O10. The standard InChI is InChI=1S/C41H49N7O10/c1-41(2,53)58-33-24-32(25-49)57-35(33)48-23-20-34(45-38(50)54-26-29-14-6-3-7-15-29)44-37(48)43-22-13-12-21-42-36(46-39(51)55-27-30-16-8-4-9-17-30)47-40(52)56-28-31-18-10-5-11-19-31/h3-11,14-20,23,32-33,35,49,53H,12-13,21-22,24-28H2,1-2H3,(H,43,44,45,50)(H2,42,46,47,51,52)/t32-,33+,35+/m0/s1. The van der Waals surface area contributed by atoms with Gasteiger partial charge in [0.2, 0.25) is 11.6 Å². The number of unbranched alkanes of at least 4 members (excludes halogenated alkanes) is 1. The van der Waals surface area contributed by atoms with Crippen LogP contribution in [0, 0.1) is 0 Å². The number of rotatable bonds is 16. The summed E-state index contributed by atoms with van der Waals surface area (Å²) in [7, 11) is 0. The minimum absolute atomic E-state index is 0.0106. The molecule has 5 N–H and O–H groups in total. The molecule has 0 radical (unpaired) electrons. The predicted molar refractivity (Wildman–Crippen MR) is 211 cm³/mol. The van der Waals surface area contributed by atoms with Crippen molar-refractivity contribution in [3.8, 4) is 0 Å². The first-order chi connectivity index (χ1) is 28.0. The number of guanidine groups is 1. The Kier molecular flexibility index (Phi) is 16.3. The van der Waals surface area contributed by atoms with E-state index in [4.69, 9.17) is 23.7 Å². The smallest absolute Gasteiger partial charge is 0.414 e. The molecule has 1 aliphatic heterocycles. The Morgan fingerprint density at radius 3 is 1.83 bits per heavy atom. The normalized spacial score (nSPS) is 16.6. The highest BCUT2D eigenvalue weighted by atomic mass is 16.7. The van der Waals surface area contributed by atoms with E-state index in [1.807, 2.05) is 91.0 Å². The van der Waals surface area contributed by atoms with E-state index in [9.17, 15) is 24.6 Å². The number of benzene rings is 3. The van der Waals surface area contributed by atoms with E-state index >= 15 is 0 Å². The van der Waals surface area contributed by atoms with Gasteiger partial charge in [0.25, 0.3) is 0 Å². The number of nitrogens with one attached hydrogen (secondary N) is 3. The monoisotopic (exact) mass is 799 g/mol. The minimum atomic E-state index is -1.49. The molecule has 308 valence electrons. The van der Waals surface area contributed by atoms with Gasteiger partial charge in [0, 0.05) is 25.7 Å². The molecule has 1 saturated heterocycles. The molecule has 0 aliphatic carbocycles. The lowest BCUT2D eigenvalue weighted by Gasteiger charge is -2.28. The summed E-state index contributed by atoms with van der Waals surface area (Å²) < 4.78 is 29.5. The van der Waals surface area contributed by atoms with Crippen LogP contribution in [0.3, 0.4) is 0 Å². The van der Waals surface area contributed by atoms with Crippen LogP contribution in [-0.2, 0) is 43.5 Å². The molecule has 58 heavy (non-hydrogen) atoms. The first-order valence-electron chi connectivity index (χ1n) is 18.8. The number of amides is 3. The number of alkyl carbamates (subject to hydrolysis) is 2. The molecule has 0 unspecified atom stereocenters. The number of aliphatic hydroxyl groups excluding tert-OH is 1. The second-order valence-electron chi connectivity index (χ2n) is 13.6. The maximum atomic E-state index is 12.7. The predicted octanol–water partition coefficient (Wildman–Crippen LogP) is 4.91.